The zero-order valence-electron chi connectivity index (χ0n) is 13.1. The van der Waals surface area contributed by atoms with E-state index < -0.39 is 0 Å². The van der Waals surface area contributed by atoms with Crippen molar-refractivity contribution >= 4 is 5.95 Å². The lowest BCUT2D eigenvalue weighted by Gasteiger charge is -2.32. The largest absolute Gasteiger partial charge is 0.490 e. The summed E-state index contributed by atoms with van der Waals surface area (Å²) in [5.41, 5.74) is 1.22. The Morgan fingerprint density at radius 1 is 1.09 bits per heavy atom. The molecule has 1 aliphatic rings. The molecule has 0 amide bonds. The van der Waals surface area contributed by atoms with Gasteiger partial charge in [-0.05, 0) is 24.1 Å². The van der Waals surface area contributed by atoms with E-state index in [1.807, 2.05) is 42.7 Å². The van der Waals surface area contributed by atoms with Gasteiger partial charge in [0.05, 0.1) is 0 Å². The standard InChI is InChI=1S/C18H23N3O/c1-2-6-15-13-19-18(20-14-15)21-11-9-17(10-12-21)22-16-7-4-3-5-8-16/h3-5,7-8,13-14,17H,2,6,9-12H2,1H3. The van der Waals surface area contributed by atoms with Gasteiger partial charge in [-0.1, -0.05) is 31.5 Å². The second-order valence-corrected chi connectivity index (χ2v) is 5.76. The Morgan fingerprint density at radius 2 is 1.77 bits per heavy atom. The van der Waals surface area contributed by atoms with Gasteiger partial charge >= 0.3 is 0 Å². The average Bonchev–Trinajstić information content (AvgIpc) is 2.58. The van der Waals surface area contributed by atoms with E-state index in [1.165, 1.54) is 5.56 Å². The minimum Gasteiger partial charge on any atom is -0.490 e. The summed E-state index contributed by atoms with van der Waals surface area (Å²) in [6.45, 7) is 4.07. The van der Waals surface area contributed by atoms with Gasteiger partial charge in [-0.15, -0.1) is 0 Å². The van der Waals surface area contributed by atoms with Crippen LogP contribution in [0.4, 0.5) is 5.95 Å². The Labute approximate surface area is 132 Å². The summed E-state index contributed by atoms with van der Waals surface area (Å²) < 4.78 is 6.02. The molecule has 0 radical (unpaired) electrons. The molecule has 3 rings (SSSR count). The highest BCUT2D eigenvalue weighted by molar-refractivity contribution is 5.31. The van der Waals surface area contributed by atoms with Gasteiger partial charge in [-0.25, -0.2) is 9.97 Å². The van der Waals surface area contributed by atoms with Crippen LogP contribution in [0.15, 0.2) is 42.7 Å². The maximum Gasteiger partial charge on any atom is 0.225 e. The fraction of sp³-hybridized carbons (Fsp3) is 0.444. The molecule has 116 valence electrons. The van der Waals surface area contributed by atoms with Crippen molar-refractivity contribution in [3.8, 4) is 5.75 Å². The third-order valence-electron chi connectivity index (χ3n) is 4.00. The zero-order valence-corrected chi connectivity index (χ0v) is 13.1. The van der Waals surface area contributed by atoms with Gasteiger partial charge in [0, 0.05) is 38.3 Å². The number of para-hydroxylation sites is 1. The molecule has 0 aliphatic carbocycles. The predicted molar refractivity (Wildman–Crippen MR) is 88.3 cm³/mol. The predicted octanol–water partition coefficient (Wildman–Crippen LogP) is 3.48. The van der Waals surface area contributed by atoms with Gasteiger partial charge < -0.3 is 9.64 Å². The van der Waals surface area contributed by atoms with Crippen molar-refractivity contribution in [1.29, 1.82) is 0 Å². The van der Waals surface area contributed by atoms with E-state index in [2.05, 4.69) is 21.8 Å². The quantitative estimate of drug-likeness (QED) is 0.847. The summed E-state index contributed by atoms with van der Waals surface area (Å²) in [4.78, 5) is 11.3. The summed E-state index contributed by atoms with van der Waals surface area (Å²) in [5.74, 6) is 1.80. The van der Waals surface area contributed by atoms with E-state index in [4.69, 9.17) is 4.74 Å². The molecule has 2 heterocycles. The van der Waals surface area contributed by atoms with Crippen molar-refractivity contribution in [2.45, 2.75) is 38.7 Å². The number of piperidine rings is 1. The molecule has 4 heteroatoms. The number of hydrogen-bond donors (Lipinski definition) is 0. The number of ether oxygens (including phenoxy) is 1. The van der Waals surface area contributed by atoms with Crippen molar-refractivity contribution < 1.29 is 4.74 Å². The molecule has 1 aliphatic heterocycles. The van der Waals surface area contributed by atoms with Gasteiger partial charge in [0.2, 0.25) is 5.95 Å². The van der Waals surface area contributed by atoms with Crippen LogP contribution >= 0.6 is 0 Å². The molecule has 0 N–H and O–H groups in total. The van der Waals surface area contributed by atoms with Gasteiger partial charge in [-0.3, -0.25) is 0 Å². The number of hydrogen-bond acceptors (Lipinski definition) is 4. The molecule has 0 saturated carbocycles. The smallest absolute Gasteiger partial charge is 0.225 e. The SMILES string of the molecule is CCCc1cnc(N2CCC(Oc3ccccc3)CC2)nc1. The lowest BCUT2D eigenvalue weighted by Crippen LogP contribution is -2.39. The zero-order chi connectivity index (χ0) is 15.2. The second-order valence-electron chi connectivity index (χ2n) is 5.76. The Hall–Kier alpha value is -2.10. The van der Waals surface area contributed by atoms with E-state index in [9.17, 15) is 0 Å². The molecule has 22 heavy (non-hydrogen) atoms. The van der Waals surface area contributed by atoms with E-state index >= 15 is 0 Å². The molecular weight excluding hydrogens is 274 g/mol. The number of anilines is 1. The van der Waals surface area contributed by atoms with Gasteiger partial charge in [0.15, 0.2) is 0 Å². The van der Waals surface area contributed by atoms with Crippen LogP contribution in [-0.2, 0) is 6.42 Å². The van der Waals surface area contributed by atoms with Crippen LogP contribution in [0.25, 0.3) is 0 Å². The molecule has 0 bridgehead atoms. The molecule has 0 atom stereocenters. The molecular formula is C18H23N3O. The fourth-order valence-electron chi connectivity index (χ4n) is 2.79. The lowest BCUT2D eigenvalue weighted by atomic mass is 10.1. The number of rotatable bonds is 5. The van der Waals surface area contributed by atoms with Gasteiger partial charge in [-0.2, -0.15) is 0 Å². The maximum atomic E-state index is 6.02. The summed E-state index contributed by atoms with van der Waals surface area (Å²) in [7, 11) is 0. The molecule has 0 spiro atoms. The Kier molecular flexibility index (Phi) is 4.88. The first-order valence-electron chi connectivity index (χ1n) is 8.12. The molecule has 1 aromatic heterocycles. The first-order chi connectivity index (χ1) is 10.8. The number of aromatic nitrogens is 2. The average molecular weight is 297 g/mol. The third kappa shape index (κ3) is 3.75. The fourth-order valence-corrected chi connectivity index (χ4v) is 2.79. The number of aryl methyl sites for hydroxylation is 1. The van der Waals surface area contributed by atoms with Gasteiger partial charge in [0.25, 0.3) is 0 Å². The Morgan fingerprint density at radius 3 is 2.41 bits per heavy atom. The van der Waals surface area contributed by atoms with E-state index in [0.29, 0.717) is 0 Å². The molecule has 1 saturated heterocycles. The number of nitrogens with zero attached hydrogens (tertiary/aromatic N) is 3. The van der Waals surface area contributed by atoms with Gasteiger partial charge in [0.1, 0.15) is 11.9 Å². The Balaban J connectivity index is 1.53. The van der Waals surface area contributed by atoms with Crippen molar-refractivity contribution in [1.82, 2.24) is 9.97 Å². The normalized spacial score (nSPS) is 15.8. The van der Waals surface area contributed by atoms with Crippen LogP contribution in [0.5, 0.6) is 5.75 Å². The van der Waals surface area contributed by atoms with Crippen LogP contribution in [0.3, 0.4) is 0 Å². The highest BCUT2D eigenvalue weighted by atomic mass is 16.5. The summed E-state index contributed by atoms with van der Waals surface area (Å²) in [6.07, 6.45) is 8.40. The van der Waals surface area contributed by atoms with E-state index in [-0.39, 0.29) is 6.10 Å². The molecule has 1 fully saturated rings. The highest BCUT2D eigenvalue weighted by Crippen LogP contribution is 2.21. The van der Waals surface area contributed by atoms with Crippen LogP contribution in [0.1, 0.15) is 31.7 Å². The second kappa shape index (κ2) is 7.25. The summed E-state index contributed by atoms with van der Waals surface area (Å²) in [6, 6.07) is 10.1. The highest BCUT2D eigenvalue weighted by Gasteiger charge is 2.22. The van der Waals surface area contributed by atoms with Crippen molar-refractivity contribution in [2.24, 2.45) is 0 Å². The molecule has 4 nitrogen and oxygen atoms in total. The lowest BCUT2D eigenvalue weighted by molar-refractivity contribution is 0.170. The topological polar surface area (TPSA) is 38.2 Å². The monoisotopic (exact) mass is 297 g/mol. The molecule has 0 unspecified atom stereocenters. The van der Waals surface area contributed by atoms with Crippen molar-refractivity contribution in [3.63, 3.8) is 0 Å². The Bertz CT molecular complexity index is 563. The summed E-state index contributed by atoms with van der Waals surface area (Å²) >= 11 is 0. The summed E-state index contributed by atoms with van der Waals surface area (Å²) in [5, 5.41) is 0. The first kappa shape index (κ1) is 14.8. The van der Waals surface area contributed by atoms with Crippen LogP contribution in [0, 0.1) is 0 Å². The van der Waals surface area contributed by atoms with Crippen LogP contribution in [0.2, 0.25) is 0 Å². The maximum absolute atomic E-state index is 6.02. The number of benzene rings is 1. The molecule has 1 aromatic carbocycles. The minimum absolute atomic E-state index is 0.290. The third-order valence-corrected chi connectivity index (χ3v) is 4.00. The van der Waals surface area contributed by atoms with Crippen LogP contribution < -0.4 is 9.64 Å². The van der Waals surface area contributed by atoms with Crippen LogP contribution in [-0.4, -0.2) is 29.2 Å². The van der Waals surface area contributed by atoms with E-state index in [0.717, 1.165) is 50.5 Å². The minimum atomic E-state index is 0.290. The van der Waals surface area contributed by atoms with Crippen molar-refractivity contribution in [2.75, 3.05) is 18.0 Å². The van der Waals surface area contributed by atoms with E-state index in [1.54, 1.807) is 0 Å². The van der Waals surface area contributed by atoms with Crippen molar-refractivity contribution in [3.05, 3.63) is 48.3 Å². The molecule has 2 aromatic rings. The first-order valence-corrected chi connectivity index (χ1v) is 8.12.